The quantitative estimate of drug-likeness (QED) is 0.0508. The van der Waals surface area contributed by atoms with Gasteiger partial charge in [-0.25, -0.2) is 0 Å². The van der Waals surface area contributed by atoms with Gasteiger partial charge in [0, 0.05) is 6.42 Å². The van der Waals surface area contributed by atoms with E-state index >= 15 is 0 Å². The van der Waals surface area contributed by atoms with Gasteiger partial charge in [-0.15, -0.1) is 0 Å². The first kappa shape index (κ1) is 35.6. The van der Waals surface area contributed by atoms with E-state index in [1.54, 1.807) is 6.08 Å². The summed E-state index contributed by atoms with van der Waals surface area (Å²) in [5, 5.41) is 0.754. The molecule has 0 atom stereocenters. The molecule has 0 aliphatic heterocycles. The summed E-state index contributed by atoms with van der Waals surface area (Å²) >= 11 is 5.19. The highest BCUT2D eigenvalue weighted by atomic mass is 32.1. The van der Waals surface area contributed by atoms with Crippen LogP contribution in [-0.2, 0) is 4.74 Å². The van der Waals surface area contributed by atoms with Crippen LogP contribution in [0, 0.1) is 0 Å². The molecule has 0 aromatic carbocycles. The van der Waals surface area contributed by atoms with E-state index in [4.69, 9.17) is 17.0 Å². The number of hydrogen-bond donors (Lipinski definition) is 0. The molecule has 0 amide bonds. The molecule has 0 rings (SSSR count). The van der Waals surface area contributed by atoms with Gasteiger partial charge in [-0.05, 0) is 18.6 Å². The predicted molar refractivity (Wildman–Crippen MR) is 168 cm³/mol. The maximum atomic E-state index is 5.37. The van der Waals surface area contributed by atoms with E-state index < -0.39 is 0 Å². The van der Waals surface area contributed by atoms with Crippen LogP contribution in [0.2, 0.25) is 0 Å². The van der Waals surface area contributed by atoms with E-state index in [-0.39, 0.29) is 0 Å². The fourth-order valence-corrected chi connectivity index (χ4v) is 5.38. The highest BCUT2D eigenvalue weighted by Gasteiger charge is 1.98. The standard InChI is InChI=1S/C34H66OS/c1-3-5-6-7-8-9-10-11-12-13-14-15-16-17-18-19-20-21-22-23-24-25-26-27-28-29-30-31-32-34(36)35-33-4-2/h4H,2-3,5-33H2,1H3. The summed E-state index contributed by atoms with van der Waals surface area (Å²) in [4.78, 5) is 0. The van der Waals surface area contributed by atoms with Crippen LogP contribution in [0.5, 0.6) is 0 Å². The third-order valence-electron chi connectivity index (χ3n) is 7.60. The molecule has 2 heteroatoms. The summed E-state index contributed by atoms with van der Waals surface area (Å²) in [7, 11) is 0. The van der Waals surface area contributed by atoms with Crippen molar-refractivity contribution in [3.63, 3.8) is 0 Å². The molecule has 0 aliphatic carbocycles. The van der Waals surface area contributed by atoms with Crippen LogP contribution in [0.15, 0.2) is 12.7 Å². The van der Waals surface area contributed by atoms with E-state index in [0.29, 0.717) is 6.61 Å². The molecule has 0 unspecified atom stereocenters. The Morgan fingerprint density at radius 3 is 0.972 bits per heavy atom. The van der Waals surface area contributed by atoms with Crippen LogP contribution in [-0.4, -0.2) is 11.7 Å². The highest BCUT2D eigenvalue weighted by Crippen LogP contribution is 2.16. The van der Waals surface area contributed by atoms with Crippen LogP contribution in [0.25, 0.3) is 0 Å². The average Bonchev–Trinajstić information content (AvgIpc) is 2.89. The van der Waals surface area contributed by atoms with Crippen molar-refractivity contribution >= 4 is 17.3 Å². The molecule has 0 radical (unpaired) electrons. The zero-order valence-corrected chi connectivity index (χ0v) is 25.6. The monoisotopic (exact) mass is 522 g/mol. The molecule has 0 aromatic rings. The topological polar surface area (TPSA) is 9.23 Å². The molecule has 214 valence electrons. The first-order chi connectivity index (χ1) is 17.8. The first-order valence-corrected chi connectivity index (χ1v) is 17.0. The summed E-state index contributed by atoms with van der Waals surface area (Å²) in [5.74, 6) is 0. The molecule has 0 saturated carbocycles. The molecule has 0 N–H and O–H groups in total. The second kappa shape index (κ2) is 32.7. The Kier molecular flexibility index (Phi) is 32.3. The largest absolute Gasteiger partial charge is 0.483 e. The Labute approximate surface area is 234 Å². The summed E-state index contributed by atoms with van der Waals surface area (Å²) < 4.78 is 5.37. The third-order valence-corrected chi connectivity index (χ3v) is 7.92. The molecule has 0 bridgehead atoms. The number of hydrogen-bond acceptors (Lipinski definition) is 2. The van der Waals surface area contributed by atoms with Gasteiger partial charge < -0.3 is 4.74 Å². The van der Waals surface area contributed by atoms with Gasteiger partial charge in [0.15, 0.2) is 5.05 Å². The van der Waals surface area contributed by atoms with E-state index in [1.165, 1.54) is 180 Å². The summed E-state index contributed by atoms with van der Waals surface area (Å²) in [6.07, 6.45) is 43.0. The van der Waals surface area contributed by atoms with Crippen LogP contribution in [0.3, 0.4) is 0 Å². The number of thiocarbonyl (C=S) groups is 1. The third kappa shape index (κ3) is 31.7. The van der Waals surface area contributed by atoms with Crippen molar-refractivity contribution in [1.82, 2.24) is 0 Å². The Morgan fingerprint density at radius 1 is 0.472 bits per heavy atom. The molecule has 36 heavy (non-hydrogen) atoms. The van der Waals surface area contributed by atoms with Crippen LogP contribution in [0.1, 0.15) is 193 Å². The van der Waals surface area contributed by atoms with E-state index in [0.717, 1.165) is 11.5 Å². The highest BCUT2D eigenvalue weighted by molar-refractivity contribution is 7.80. The second-order valence-electron chi connectivity index (χ2n) is 11.3. The predicted octanol–water partition coefficient (Wildman–Crippen LogP) is 12.8. The van der Waals surface area contributed by atoms with Gasteiger partial charge >= 0.3 is 0 Å². The summed E-state index contributed by atoms with van der Waals surface area (Å²) in [6.45, 7) is 6.51. The smallest absolute Gasteiger partial charge is 0.160 e. The van der Waals surface area contributed by atoms with Gasteiger partial charge in [0.05, 0.1) is 0 Å². The number of ether oxygens (including phenoxy) is 1. The lowest BCUT2D eigenvalue weighted by molar-refractivity contribution is 0.348. The minimum absolute atomic E-state index is 0.554. The van der Waals surface area contributed by atoms with Gasteiger partial charge in [-0.1, -0.05) is 193 Å². The lowest BCUT2D eigenvalue weighted by Gasteiger charge is -2.05. The summed E-state index contributed by atoms with van der Waals surface area (Å²) in [6, 6.07) is 0. The van der Waals surface area contributed by atoms with Crippen molar-refractivity contribution in [2.45, 2.75) is 193 Å². The lowest BCUT2D eigenvalue weighted by atomic mass is 10.0. The normalized spacial score (nSPS) is 11.1. The number of rotatable bonds is 31. The molecular formula is C34H66OS. The Hall–Kier alpha value is -0.370. The Balaban J connectivity index is 3.05. The van der Waals surface area contributed by atoms with Crippen LogP contribution >= 0.6 is 12.2 Å². The minimum atomic E-state index is 0.554. The molecule has 0 spiro atoms. The molecule has 0 aromatic heterocycles. The van der Waals surface area contributed by atoms with Crippen molar-refractivity contribution in [3.05, 3.63) is 12.7 Å². The molecule has 0 aliphatic rings. The SMILES string of the molecule is C=CCOC(=S)CCCCCCCCCCCCCCCCCCCCCCCCCCCCCC. The molecule has 0 fully saturated rings. The fourth-order valence-electron chi connectivity index (χ4n) is 5.16. The Morgan fingerprint density at radius 2 is 0.722 bits per heavy atom. The van der Waals surface area contributed by atoms with Gasteiger partial charge in [-0.3, -0.25) is 0 Å². The molecule has 0 heterocycles. The van der Waals surface area contributed by atoms with Gasteiger partial charge in [0.1, 0.15) is 6.61 Å². The molecular weight excluding hydrogens is 456 g/mol. The average molecular weight is 523 g/mol. The zero-order chi connectivity index (χ0) is 26.2. The summed E-state index contributed by atoms with van der Waals surface area (Å²) in [5.41, 5.74) is 0. The molecule has 1 nitrogen and oxygen atoms in total. The van der Waals surface area contributed by atoms with Gasteiger partial charge in [-0.2, -0.15) is 0 Å². The second-order valence-corrected chi connectivity index (χ2v) is 11.7. The first-order valence-electron chi connectivity index (χ1n) is 16.6. The van der Waals surface area contributed by atoms with Crippen molar-refractivity contribution in [3.8, 4) is 0 Å². The van der Waals surface area contributed by atoms with E-state index in [2.05, 4.69) is 13.5 Å². The Bertz CT molecular complexity index is 433. The van der Waals surface area contributed by atoms with Crippen LogP contribution in [0.4, 0.5) is 0 Å². The van der Waals surface area contributed by atoms with E-state index in [1.807, 2.05) is 0 Å². The minimum Gasteiger partial charge on any atom is -0.483 e. The maximum absolute atomic E-state index is 5.37. The zero-order valence-electron chi connectivity index (χ0n) is 24.8. The maximum Gasteiger partial charge on any atom is 0.160 e. The fraction of sp³-hybridized carbons (Fsp3) is 0.912. The van der Waals surface area contributed by atoms with Crippen molar-refractivity contribution in [1.29, 1.82) is 0 Å². The van der Waals surface area contributed by atoms with Crippen LogP contribution < -0.4 is 0 Å². The van der Waals surface area contributed by atoms with Gasteiger partial charge in [0.25, 0.3) is 0 Å². The van der Waals surface area contributed by atoms with Crippen molar-refractivity contribution in [2.75, 3.05) is 6.61 Å². The lowest BCUT2D eigenvalue weighted by Crippen LogP contribution is -2.01. The van der Waals surface area contributed by atoms with Crippen molar-refractivity contribution < 1.29 is 4.74 Å². The van der Waals surface area contributed by atoms with Gasteiger partial charge in [0.2, 0.25) is 0 Å². The number of unbranched alkanes of at least 4 members (excludes halogenated alkanes) is 27. The molecule has 0 saturated heterocycles. The van der Waals surface area contributed by atoms with E-state index in [9.17, 15) is 0 Å². The van der Waals surface area contributed by atoms with Crippen molar-refractivity contribution in [2.24, 2.45) is 0 Å².